The maximum atomic E-state index is 12.8. The van der Waals surface area contributed by atoms with Crippen molar-refractivity contribution in [2.24, 2.45) is 0 Å². The molecule has 1 aromatic heterocycles. The van der Waals surface area contributed by atoms with Crippen LogP contribution in [0.3, 0.4) is 0 Å². The van der Waals surface area contributed by atoms with E-state index in [1.807, 2.05) is 17.0 Å². The Balaban J connectivity index is 1.26. The van der Waals surface area contributed by atoms with Crippen LogP contribution in [-0.4, -0.2) is 65.1 Å². The number of piperidine rings is 1. The summed E-state index contributed by atoms with van der Waals surface area (Å²) in [7, 11) is 1.30. The van der Waals surface area contributed by atoms with E-state index in [1.165, 1.54) is 30.5 Å². The second-order valence-electron chi connectivity index (χ2n) is 8.12. The topological polar surface area (TPSA) is 89.0 Å². The number of hydrogen-bond acceptors (Lipinski definition) is 6. The average molecular weight is 421 g/mol. The lowest BCUT2D eigenvalue weighted by Gasteiger charge is -2.37. The number of aromatic nitrogens is 1. The molecule has 0 saturated carbocycles. The molecule has 2 aliphatic heterocycles. The molecule has 0 radical (unpaired) electrons. The largest absolute Gasteiger partial charge is 0.465 e. The number of carbonyl (C=O) groups excluding carboxylic acids is 3. The summed E-state index contributed by atoms with van der Waals surface area (Å²) in [4.78, 5) is 44.8. The molecule has 0 bridgehead atoms. The molecule has 2 amide bonds. The lowest BCUT2D eigenvalue weighted by Crippen LogP contribution is -2.48. The van der Waals surface area contributed by atoms with Gasteiger partial charge in [-0.25, -0.2) is 9.59 Å². The molecule has 3 aliphatic rings. The van der Waals surface area contributed by atoms with Crippen molar-refractivity contribution in [1.29, 1.82) is 0 Å². The summed E-state index contributed by atoms with van der Waals surface area (Å²) >= 11 is 0. The normalized spacial score (nSPS) is 22.7. The van der Waals surface area contributed by atoms with E-state index in [0.29, 0.717) is 31.5 Å². The fraction of sp³-hybridized carbons (Fsp3) is 0.391. The molecule has 31 heavy (non-hydrogen) atoms. The van der Waals surface area contributed by atoms with Crippen molar-refractivity contribution in [2.45, 2.75) is 37.5 Å². The van der Waals surface area contributed by atoms with Crippen LogP contribution >= 0.6 is 0 Å². The van der Waals surface area contributed by atoms with E-state index in [4.69, 9.17) is 4.74 Å². The summed E-state index contributed by atoms with van der Waals surface area (Å²) < 4.78 is 10.3. The SMILES string of the molecule is COC(=O)c1ccc(C(=O)N2CCC(N3C(=O)O[C@@H]4Cc5ccccc5[C@@H]43)CC2)nc1. The molecule has 0 unspecified atom stereocenters. The molecule has 1 aromatic carbocycles. The number of benzene rings is 1. The predicted octanol–water partition coefficient (Wildman–Crippen LogP) is 2.59. The van der Waals surface area contributed by atoms with Gasteiger partial charge in [0.2, 0.25) is 0 Å². The molecular formula is C23H23N3O5. The van der Waals surface area contributed by atoms with Crippen LogP contribution in [0.25, 0.3) is 0 Å². The second-order valence-corrected chi connectivity index (χ2v) is 8.12. The Morgan fingerprint density at radius 2 is 1.90 bits per heavy atom. The van der Waals surface area contributed by atoms with Crippen LogP contribution in [0, 0.1) is 0 Å². The number of nitrogens with zero attached hydrogens (tertiary/aromatic N) is 3. The lowest BCUT2D eigenvalue weighted by atomic mass is 9.99. The van der Waals surface area contributed by atoms with Crippen molar-refractivity contribution < 1.29 is 23.9 Å². The number of methoxy groups -OCH3 is 1. The van der Waals surface area contributed by atoms with Gasteiger partial charge in [0.15, 0.2) is 0 Å². The summed E-state index contributed by atoms with van der Waals surface area (Å²) in [6.07, 6.45) is 3.10. The molecule has 2 atom stereocenters. The fourth-order valence-corrected chi connectivity index (χ4v) is 4.92. The number of likely N-dealkylation sites (tertiary alicyclic amines) is 1. The predicted molar refractivity (Wildman–Crippen MR) is 109 cm³/mol. The Kier molecular flexibility index (Phi) is 4.84. The molecular weight excluding hydrogens is 398 g/mol. The van der Waals surface area contributed by atoms with Crippen molar-refractivity contribution in [3.63, 3.8) is 0 Å². The summed E-state index contributed by atoms with van der Waals surface area (Å²) in [6.45, 7) is 1.07. The molecule has 0 spiro atoms. The molecule has 2 saturated heterocycles. The van der Waals surface area contributed by atoms with Crippen molar-refractivity contribution in [3.8, 4) is 0 Å². The van der Waals surface area contributed by atoms with Crippen molar-refractivity contribution >= 4 is 18.0 Å². The molecule has 1 aliphatic carbocycles. The minimum absolute atomic E-state index is 0.0346. The quantitative estimate of drug-likeness (QED) is 0.708. The van der Waals surface area contributed by atoms with Gasteiger partial charge in [-0.15, -0.1) is 0 Å². The third-order valence-corrected chi connectivity index (χ3v) is 6.46. The highest BCUT2D eigenvalue weighted by atomic mass is 16.6. The molecule has 0 N–H and O–H groups in total. The molecule has 8 nitrogen and oxygen atoms in total. The maximum Gasteiger partial charge on any atom is 0.411 e. The van der Waals surface area contributed by atoms with Gasteiger partial charge in [0.1, 0.15) is 11.8 Å². The number of pyridine rings is 1. The number of carbonyl (C=O) groups is 3. The van der Waals surface area contributed by atoms with E-state index in [9.17, 15) is 14.4 Å². The molecule has 2 fully saturated rings. The summed E-state index contributed by atoms with van der Waals surface area (Å²) in [5.74, 6) is -0.667. The first kappa shape index (κ1) is 19.5. The zero-order valence-corrected chi connectivity index (χ0v) is 17.2. The highest BCUT2D eigenvalue weighted by Gasteiger charge is 2.50. The third-order valence-electron chi connectivity index (χ3n) is 6.46. The standard InChI is InChI=1S/C23H23N3O5/c1-30-22(28)15-6-7-18(24-13-15)21(27)25-10-8-16(9-11-25)26-20-17-5-3-2-4-14(17)12-19(20)31-23(26)29/h2-7,13,16,19-20H,8-12H2,1H3/t19-,20+/m1/s1. The zero-order valence-electron chi connectivity index (χ0n) is 17.2. The highest BCUT2D eigenvalue weighted by molar-refractivity contribution is 5.94. The number of esters is 1. The number of hydrogen-bond donors (Lipinski definition) is 0. The van der Waals surface area contributed by atoms with E-state index < -0.39 is 5.97 Å². The first-order valence-electron chi connectivity index (χ1n) is 10.5. The van der Waals surface area contributed by atoms with Crippen LogP contribution < -0.4 is 0 Å². The van der Waals surface area contributed by atoms with Crippen molar-refractivity contribution in [1.82, 2.24) is 14.8 Å². The van der Waals surface area contributed by atoms with Crippen LogP contribution in [-0.2, 0) is 15.9 Å². The monoisotopic (exact) mass is 421 g/mol. The van der Waals surface area contributed by atoms with Gasteiger partial charge in [0.05, 0.1) is 18.7 Å². The van der Waals surface area contributed by atoms with E-state index in [-0.39, 0.29) is 35.9 Å². The summed E-state index contributed by atoms with van der Waals surface area (Å²) in [5.41, 5.74) is 3.00. The van der Waals surface area contributed by atoms with Gasteiger partial charge in [-0.3, -0.25) is 14.7 Å². The Morgan fingerprint density at radius 3 is 2.61 bits per heavy atom. The molecule has 160 valence electrons. The Bertz CT molecular complexity index is 1030. The fourth-order valence-electron chi connectivity index (χ4n) is 4.92. The highest BCUT2D eigenvalue weighted by Crippen LogP contribution is 2.44. The van der Waals surface area contributed by atoms with Gasteiger partial charge in [-0.1, -0.05) is 24.3 Å². The van der Waals surface area contributed by atoms with Crippen LogP contribution in [0.1, 0.15) is 50.9 Å². The van der Waals surface area contributed by atoms with E-state index >= 15 is 0 Å². The molecule has 8 heteroatoms. The van der Waals surface area contributed by atoms with Crippen LogP contribution in [0.15, 0.2) is 42.6 Å². The van der Waals surface area contributed by atoms with Crippen molar-refractivity contribution in [3.05, 3.63) is 65.0 Å². The third kappa shape index (κ3) is 3.32. The Hall–Kier alpha value is -3.42. The van der Waals surface area contributed by atoms with Gasteiger partial charge in [0.25, 0.3) is 5.91 Å². The number of ether oxygens (including phenoxy) is 2. The minimum atomic E-state index is -0.489. The second kappa shape index (κ2) is 7.68. The summed E-state index contributed by atoms with van der Waals surface area (Å²) in [5, 5.41) is 0. The number of fused-ring (bicyclic) bond motifs is 3. The van der Waals surface area contributed by atoms with Gasteiger partial charge in [-0.05, 0) is 36.1 Å². The lowest BCUT2D eigenvalue weighted by molar-refractivity contribution is 0.0593. The van der Waals surface area contributed by atoms with Gasteiger partial charge in [-0.2, -0.15) is 0 Å². The van der Waals surface area contributed by atoms with Gasteiger partial charge in [0, 0.05) is 31.7 Å². The maximum absolute atomic E-state index is 12.8. The summed E-state index contributed by atoms with van der Waals surface area (Å²) in [6, 6.07) is 11.3. The molecule has 3 heterocycles. The molecule has 5 rings (SSSR count). The van der Waals surface area contributed by atoms with Crippen molar-refractivity contribution in [2.75, 3.05) is 20.2 Å². The van der Waals surface area contributed by atoms with Crippen LogP contribution in [0.5, 0.6) is 0 Å². The smallest absolute Gasteiger partial charge is 0.411 e. The molecule has 2 aromatic rings. The van der Waals surface area contributed by atoms with Gasteiger partial charge < -0.3 is 14.4 Å². The average Bonchev–Trinajstić information content (AvgIpc) is 3.32. The van der Waals surface area contributed by atoms with Gasteiger partial charge >= 0.3 is 12.1 Å². The van der Waals surface area contributed by atoms with E-state index in [1.54, 1.807) is 11.0 Å². The Labute approximate surface area is 179 Å². The number of amides is 2. The van der Waals surface area contributed by atoms with E-state index in [2.05, 4.69) is 21.9 Å². The zero-order chi connectivity index (χ0) is 21.5. The van der Waals surface area contributed by atoms with E-state index in [0.717, 1.165) is 6.42 Å². The minimum Gasteiger partial charge on any atom is -0.465 e. The van der Waals surface area contributed by atoms with Crippen LogP contribution in [0.2, 0.25) is 0 Å². The first-order valence-corrected chi connectivity index (χ1v) is 10.5. The Morgan fingerprint density at radius 1 is 1.13 bits per heavy atom. The van der Waals surface area contributed by atoms with Crippen LogP contribution in [0.4, 0.5) is 4.79 Å². The first-order chi connectivity index (χ1) is 15.1. The number of rotatable bonds is 3.